The number of benzene rings is 16. The number of methoxy groups -OCH3 is 2. The van der Waals surface area contributed by atoms with Gasteiger partial charge in [-0.1, -0.05) is 60.7 Å². The summed E-state index contributed by atoms with van der Waals surface area (Å²) in [5.41, 5.74) is 8.00. The van der Waals surface area contributed by atoms with E-state index in [1.54, 1.807) is 146 Å². The van der Waals surface area contributed by atoms with Crippen LogP contribution in [0.15, 0.2) is 267 Å². The van der Waals surface area contributed by atoms with Crippen LogP contribution in [0.2, 0.25) is 0 Å². The Morgan fingerprint density at radius 1 is 0.342 bits per heavy atom. The summed E-state index contributed by atoms with van der Waals surface area (Å²) in [6.07, 6.45) is -4.47. The third kappa shape index (κ3) is 23.8. The highest BCUT2D eigenvalue weighted by Gasteiger charge is 2.32. The molecule has 16 aromatic carbocycles. The Labute approximate surface area is 872 Å². The van der Waals surface area contributed by atoms with E-state index in [1.807, 2.05) is 116 Å². The molecule has 0 saturated carbocycles. The molecule has 758 valence electrons. The zero-order valence-corrected chi connectivity index (χ0v) is 84.1. The van der Waals surface area contributed by atoms with Crippen LogP contribution in [0.5, 0.6) is 63.2 Å². The Hall–Kier alpha value is -17.0. The van der Waals surface area contributed by atoms with E-state index in [2.05, 4.69) is 125 Å². The highest BCUT2D eigenvalue weighted by Crippen LogP contribution is 2.41. The Morgan fingerprint density at radius 3 is 1.19 bits per heavy atom. The number of esters is 2. The summed E-state index contributed by atoms with van der Waals surface area (Å²) in [5, 5.41) is 110. The van der Waals surface area contributed by atoms with Gasteiger partial charge >= 0.3 is 18.1 Å². The van der Waals surface area contributed by atoms with Crippen molar-refractivity contribution in [1.82, 2.24) is 80.3 Å². The summed E-state index contributed by atoms with van der Waals surface area (Å²) < 4.78 is 82.1. The number of amides is 2. The first kappa shape index (κ1) is 103. The van der Waals surface area contributed by atoms with Gasteiger partial charge in [0, 0.05) is 69.0 Å². The van der Waals surface area contributed by atoms with E-state index >= 15 is 0 Å². The second-order valence-electron chi connectivity index (χ2n) is 32.7. The van der Waals surface area contributed by atoms with Crippen LogP contribution >= 0.6 is 63.1 Å². The van der Waals surface area contributed by atoms with E-state index < -0.39 is 23.7 Å². The number of hydrogen-bond acceptors (Lipinski definition) is 32. The number of thiol groups is 5. The van der Waals surface area contributed by atoms with Crippen LogP contribution in [-0.4, -0.2) is 213 Å². The monoisotopic (exact) mass is 2100 g/mol. The molecule has 0 unspecified atom stereocenters. The average molecular weight is 2110 g/mol. The van der Waals surface area contributed by atoms with E-state index in [-0.39, 0.29) is 63.9 Å². The lowest BCUT2D eigenvalue weighted by molar-refractivity contribution is -0.137. The number of aromatic nitrogens is 15. The number of rotatable bonds is 28. The van der Waals surface area contributed by atoms with Crippen molar-refractivity contribution in [2.75, 3.05) is 94.5 Å². The Kier molecular flexibility index (Phi) is 32.4. The van der Waals surface area contributed by atoms with Gasteiger partial charge in [0.2, 0.25) is 0 Å². The van der Waals surface area contributed by atoms with Gasteiger partial charge in [-0.05, 0) is 257 Å². The van der Waals surface area contributed by atoms with Crippen LogP contribution in [0.1, 0.15) is 60.8 Å². The molecule has 0 aliphatic carbocycles. The summed E-state index contributed by atoms with van der Waals surface area (Å²) in [6, 6.07) is 75.7. The van der Waals surface area contributed by atoms with Crippen molar-refractivity contribution in [2.24, 2.45) is 0 Å². The molecule has 0 aliphatic rings. The molecule has 0 bridgehead atoms. The number of alkyl halides is 3. The summed E-state index contributed by atoms with van der Waals surface area (Å²) in [6.45, 7) is 6.83. The maximum atomic E-state index is 12.9. The fourth-order valence-electron chi connectivity index (χ4n) is 15.8. The van der Waals surface area contributed by atoms with E-state index in [4.69, 9.17) is 37.9 Å². The average Bonchev–Trinajstić information content (AvgIpc) is 1.74. The third-order valence-electron chi connectivity index (χ3n) is 22.8. The Bertz CT molecular complexity index is 8600. The molecule has 0 radical (unpaired) electrons. The maximum Gasteiger partial charge on any atom is 0.416 e. The van der Waals surface area contributed by atoms with Gasteiger partial charge in [0.15, 0.2) is 5.75 Å². The minimum atomic E-state index is -4.47. The van der Waals surface area contributed by atoms with Gasteiger partial charge in [0.1, 0.15) is 147 Å². The molecule has 0 atom stereocenters. The first-order valence-corrected chi connectivity index (χ1v) is 49.3. The molecule has 0 spiro atoms. The van der Waals surface area contributed by atoms with E-state index in [9.17, 15) is 57.9 Å². The summed E-state index contributed by atoms with van der Waals surface area (Å²) >= 11 is 20.7. The van der Waals surface area contributed by atoms with Crippen molar-refractivity contribution in [1.29, 1.82) is 0 Å². The molecule has 5 aromatic heterocycles. The normalized spacial score (nSPS) is 11.2. The lowest BCUT2D eigenvalue weighted by atomic mass is 10.1. The summed E-state index contributed by atoms with van der Waals surface area (Å²) in [4.78, 5) is 55.4. The lowest BCUT2D eigenvalue weighted by Crippen LogP contribution is -2.22. The quantitative estimate of drug-likeness (QED) is 0.0160. The van der Waals surface area contributed by atoms with Gasteiger partial charge in [-0.2, -0.15) is 76.3 Å². The molecule has 149 heavy (non-hydrogen) atoms. The van der Waals surface area contributed by atoms with Crippen LogP contribution in [0.25, 0.3) is 137 Å². The van der Waals surface area contributed by atoms with Crippen molar-refractivity contribution >= 4 is 202 Å². The number of nitrogens with one attached hydrogen (secondary N) is 2. The zero-order chi connectivity index (χ0) is 105. The fraction of sp³-hybridized carbons (Fsp3) is 0.159. The number of aromatic hydroxyl groups is 5. The number of nitrogens with zero attached hydrogens (tertiary/aromatic N) is 15. The Morgan fingerprint density at radius 2 is 0.752 bits per heavy atom. The second kappa shape index (κ2) is 46.6. The van der Waals surface area contributed by atoms with Crippen LogP contribution in [0.3, 0.4) is 0 Å². The molecular weight excluding hydrogens is 2010 g/mol. The molecule has 0 saturated heterocycles. The number of para-hydroxylation sites is 1. The van der Waals surface area contributed by atoms with Crippen molar-refractivity contribution < 1.29 is 95.8 Å². The fourth-order valence-corrected chi connectivity index (χ4v) is 16.3. The SMILES string of the molecule is CCNC(=O)c1ccc2nn(-c3cc4cc(OCCS)ccc4cc3O)nc2c1.CCOC(=O)c1cc2nn(-c3cc4cc(OCCS)ccc4cc3O)nc2cc1OC.COC(=O)c1cccc2nn(-c3cc4cc(OCCS)ccc4cc3O)nc12.O=C(Nc1ccccc1)c1ccc2nn(-c3cc4cc(OCCS)ccc4cc3O)nc2c1.Oc1c(-n2nc3ccc(C(F)(F)F)cc3n2)ccc2c(OCCS)cccc12. The van der Waals surface area contributed by atoms with Crippen LogP contribution < -0.4 is 39.1 Å². The van der Waals surface area contributed by atoms with Gasteiger partial charge < -0.3 is 74.1 Å². The van der Waals surface area contributed by atoms with Gasteiger partial charge in [-0.3, -0.25) is 9.59 Å². The summed E-state index contributed by atoms with van der Waals surface area (Å²) in [7, 11) is 2.78. The van der Waals surface area contributed by atoms with E-state index in [0.717, 1.165) is 71.5 Å². The molecule has 42 heteroatoms. The first-order chi connectivity index (χ1) is 72.2. The predicted octanol–water partition coefficient (Wildman–Crippen LogP) is 19.9. The molecule has 5 heterocycles. The number of anilines is 1. The van der Waals surface area contributed by atoms with E-state index in [0.29, 0.717) is 197 Å². The highest BCUT2D eigenvalue weighted by molar-refractivity contribution is 7.80. The Balaban J connectivity index is 0.000000127. The molecule has 2 amide bonds. The third-order valence-corrected chi connectivity index (χ3v) is 23.7. The van der Waals surface area contributed by atoms with Gasteiger partial charge in [0.05, 0.1) is 65.0 Å². The first-order valence-electron chi connectivity index (χ1n) is 46.1. The van der Waals surface area contributed by atoms with Crippen molar-refractivity contribution in [3.05, 3.63) is 295 Å². The zero-order valence-electron chi connectivity index (χ0n) is 79.6. The largest absolute Gasteiger partial charge is 0.506 e. The topological polar surface area (TPSA) is 421 Å². The second-order valence-corrected chi connectivity index (χ2v) is 34.9. The predicted molar refractivity (Wildman–Crippen MR) is 578 cm³/mol. The number of ether oxygens (including phenoxy) is 8. The van der Waals surface area contributed by atoms with Gasteiger partial charge in [-0.25, -0.2) is 9.59 Å². The van der Waals surface area contributed by atoms with E-state index in [1.165, 1.54) is 39.5 Å². The molecule has 0 fully saturated rings. The number of fused-ring (bicyclic) bond motifs is 10. The van der Waals surface area contributed by atoms with Crippen LogP contribution in [0.4, 0.5) is 18.9 Å². The number of carbonyl (C=O) groups is 4. The molecular formula is C107H92F3N17O17S5. The molecule has 0 aliphatic heterocycles. The summed E-state index contributed by atoms with van der Waals surface area (Å²) in [5.74, 6) is 5.50. The number of hydrogen-bond donors (Lipinski definition) is 12. The number of halogens is 3. The molecule has 21 rings (SSSR count). The van der Waals surface area contributed by atoms with Gasteiger partial charge in [-0.15, -0.1) is 75.0 Å². The minimum absolute atomic E-state index is 0.0226. The lowest BCUT2D eigenvalue weighted by Gasteiger charge is -2.11. The van der Waals surface area contributed by atoms with Crippen LogP contribution in [-0.2, 0) is 15.7 Å². The smallest absolute Gasteiger partial charge is 0.416 e. The van der Waals surface area contributed by atoms with Crippen molar-refractivity contribution in [2.45, 2.75) is 20.0 Å². The number of carbonyl (C=O) groups excluding carboxylic acids is 4. The standard InChI is InChI=1S/C25H20N4O3S.C22H21N3O5S.C21H20N4O3S.C20H17N3O4S.C19H14F3N3O2S/c30-24-15-16-6-8-20(32-10-11-33)12-18(16)14-23(24)29-27-21-9-7-17(13-22(21)28-29)25(31)26-19-4-2-1-3-5-19;1-3-29-22(27)16-11-17-18(12-21(16)28-2)24-25(23-17)19-9-14-8-15(30-6-7-31)5-4-13(14)10-20(19)26;1-2-22-21(27)14-4-6-17-18(10-14)24-25(23-17)19-11-15-9-16(28-7-8-29)5-3-13(15)12-20(19)26;1-26-20(25)15-3-2-4-16-19(15)22-23(21-16)17-10-13-9-14(27-7-8-28)6-5-12(13)11-18(17)24;20-19(21,22)11-4-6-14-15(10-11)24-25(23-14)16-7-5-12-13(18(16)26)2-1-3-17(12)27-8-9-28/h1-9,12-15,30,33H,10-11H2,(H,26,31);4-5,8-12,26,31H,3,6-7H2,1-2H3;3-6,9-12,26,29H,2,7-8H2,1H3,(H,22,27);2-6,9-11,24,28H,7-8H2,1H3;1-7,10,26,28H,8-9H2. The highest BCUT2D eigenvalue weighted by atomic mass is 32.1. The molecule has 21 aromatic rings. The number of phenols is 5. The maximum absolute atomic E-state index is 12.9. The minimum Gasteiger partial charge on any atom is -0.506 e. The van der Waals surface area contributed by atoms with Gasteiger partial charge in [0.25, 0.3) is 11.8 Å². The van der Waals surface area contributed by atoms with Crippen molar-refractivity contribution in [3.8, 4) is 91.7 Å². The number of phenolic OH excluding ortho intramolecular Hbond substituents is 5. The van der Waals surface area contributed by atoms with Crippen LogP contribution in [0, 0.1) is 0 Å². The van der Waals surface area contributed by atoms with Crippen molar-refractivity contribution in [3.63, 3.8) is 0 Å². The molecule has 7 N–H and O–H groups in total. The molecule has 34 nitrogen and oxygen atoms in total.